The first kappa shape index (κ1) is 14.4. The molecule has 0 bridgehead atoms. The van der Waals surface area contributed by atoms with Crippen LogP contribution in [-0.4, -0.2) is 18.7 Å². The lowest BCUT2D eigenvalue weighted by atomic mass is 9.85. The van der Waals surface area contributed by atoms with Crippen LogP contribution in [-0.2, 0) is 5.41 Å². The molecule has 0 spiro atoms. The van der Waals surface area contributed by atoms with Crippen LogP contribution in [0.15, 0.2) is 18.2 Å². The van der Waals surface area contributed by atoms with Crippen LogP contribution < -0.4 is 10.1 Å². The van der Waals surface area contributed by atoms with Crippen molar-refractivity contribution in [3.8, 4) is 5.75 Å². The van der Waals surface area contributed by atoms with Crippen molar-refractivity contribution in [2.75, 3.05) is 6.54 Å². The van der Waals surface area contributed by atoms with Crippen LogP contribution in [0.3, 0.4) is 0 Å². The van der Waals surface area contributed by atoms with Gasteiger partial charge in [0.1, 0.15) is 11.9 Å². The maximum Gasteiger partial charge on any atom is 0.123 e. The maximum absolute atomic E-state index is 6.20. The third kappa shape index (κ3) is 3.50. The van der Waals surface area contributed by atoms with Crippen LogP contribution >= 0.6 is 0 Å². The van der Waals surface area contributed by atoms with Gasteiger partial charge in [0.05, 0.1) is 0 Å². The van der Waals surface area contributed by atoms with Crippen molar-refractivity contribution in [1.82, 2.24) is 5.32 Å². The van der Waals surface area contributed by atoms with Crippen LogP contribution in [0.2, 0.25) is 0 Å². The molecule has 0 heterocycles. The molecule has 1 aliphatic rings. The van der Waals surface area contributed by atoms with E-state index in [4.69, 9.17) is 4.74 Å². The number of hydrogen-bond acceptors (Lipinski definition) is 2. The number of hydrogen-bond donors (Lipinski definition) is 1. The predicted octanol–water partition coefficient (Wildman–Crippen LogP) is 3.81. The van der Waals surface area contributed by atoms with E-state index in [1.807, 2.05) is 0 Å². The van der Waals surface area contributed by atoms with E-state index in [1.54, 1.807) is 0 Å². The lowest BCUT2D eigenvalue weighted by Crippen LogP contribution is -2.46. The zero-order valence-electron chi connectivity index (χ0n) is 12.9. The monoisotopic (exact) mass is 261 g/mol. The Labute approximate surface area is 117 Å². The number of rotatable bonds is 4. The number of ether oxygens (including phenoxy) is 1. The van der Waals surface area contributed by atoms with Gasteiger partial charge in [-0.25, -0.2) is 0 Å². The summed E-state index contributed by atoms with van der Waals surface area (Å²) in [5.41, 5.74) is 2.75. The highest BCUT2D eigenvalue weighted by Crippen LogP contribution is 2.35. The molecule has 1 aromatic rings. The number of aryl methyl sites for hydroxylation is 1. The minimum Gasteiger partial charge on any atom is -0.490 e. The van der Waals surface area contributed by atoms with E-state index in [-0.39, 0.29) is 5.41 Å². The van der Waals surface area contributed by atoms with Gasteiger partial charge in [0.15, 0.2) is 0 Å². The molecule has 1 aromatic carbocycles. The third-order valence-electron chi connectivity index (χ3n) is 3.82. The van der Waals surface area contributed by atoms with Crippen molar-refractivity contribution in [2.45, 2.75) is 65.0 Å². The molecule has 1 N–H and O–H groups in total. The molecule has 1 fully saturated rings. The fourth-order valence-corrected chi connectivity index (χ4v) is 2.63. The first-order valence-corrected chi connectivity index (χ1v) is 7.41. The number of benzene rings is 1. The van der Waals surface area contributed by atoms with Crippen molar-refractivity contribution >= 4 is 0 Å². The second-order valence-electron chi connectivity index (χ2n) is 6.72. The van der Waals surface area contributed by atoms with Crippen molar-refractivity contribution in [3.63, 3.8) is 0 Å². The Kier molecular flexibility index (Phi) is 4.19. The third-order valence-corrected chi connectivity index (χ3v) is 3.82. The van der Waals surface area contributed by atoms with Crippen LogP contribution in [0.1, 0.15) is 51.7 Å². The van der Waals surface area contributed by atoms with Crippen LogP contribution in [0.5, 0.6) is 5.75 Å². The molecule has 2 nitrogen and oxygen atoms in total. The Morgan fingerprint density at radius 2 is 1.95 bits per heavy atom. The highest BCUT2D eigenvalue weighted by molar-refractivity contribution is 5.41. The average molecular weight is 261 g/mol. The summed E-state index contributed by atoms with van der Waals surface area (Å²) in [6, 6.07) is 7.19. The molecule has 1 saturated carbocycles. The maximum atomic E-state index is 6.20. The molecule has 106 valence electrons. The SMILES string of the molecule is CCNC1CC(Oc2ccc(C)cc2C(C)(C)C)C1. The van der Waals surface area contributed by atoms with Gasteiger partial charge in [-0.3, -0.25) is 0 Å². The van der Waals surface area contributed by atoms with E-state index in [1.165, 1.54) is 11.1 Å². The second kappa shape index (κ2) is 5.54. The summed E-state index contributed by atoms with van der Waals surface area (Å²) in [4.78, 5) is 0. The second-order valence-corrected chi connectivity index (χ2v) is 6.72. The van der Waals surface area contributed by atoms with E-state index >= 15 is 0 Å². The van der Waals surface area contributed by atoms with Gasteiger partial charge in [0.25, 0.3) is 0 Å². The molecule has 0 unspecified atom stereocenters. The molecule has 19 heavy (non-hydrogen) atoms. The van der Waals surface area contributed by atoms with E-state index in [2.05, 4.69) is 58.1 Å². The molecular formula is C17H27NO. The van der Waals surface area contributed by atoms with Gasteiger partial charge in [-0.05, 0) is 43.4 Å². The smallest absolute Gasteiger partial charge is 0.123 e. The Bertz CT molecular complexity index is 427. The quantitative estimate of drug-likeness (QED) is 0.890. The van der Waals surface area contributed by atoms with Gasteiger partial charge < -0.3 is 10.1 Å². The zero-order valence-corrected chi connectivity index (χ0v) is 12.9. The van der Waals surface area contributed by atoms with Gasteiger partial charge in [0, 0.05) is 6.04 Å². The molecule has 0 saturated heterocycles. The molecule has 0 amide bonds. The fraction of sp³-hybridized carbons (Fsp3) is 0.647. The lowest BCUT2D eigenvalue weighted by molar-refractivity contribution is 0.0840. The van der Waals surface area contributed by atoms with E-state index < -0.39 is 0 Å². The summed E-state index contributed by atoms with van der Waals surface area (Å²) in [7, 11) is 0. The van der Waals surface area contributed by atoms with Gasteiger partial charge in [-0.15, -0.1) is 0 Å². The molecule has 1 aliphatic carbocycles. The van der Waals surface area contributed by atoms with Crippen molar-refractivity contribution in [1.29, 1.82) is 0 Å². The van der Waals surface area contributed by atoms with Crippen LogP contribution in [0, 0.1) is 6.92 Å². The first-order valence-electron chi connectivity index (χ1n) is 7.41. The van der Waals surface area contributed by atoms with Gasteiger partial charge in [0.2, 0.25) is 0 Å². The van der Waals surface area contributed by atoms with E-state index in [0.717, 1.165) is 25.1 Å². The Morgan fingerprint density at radius 1 is 1.26 bits per heavy atom. The fourth-order valence-electron chi connectivity index (χ4n) is 2.63. The molecule has 2 heteroatoms. The van der Waals surface area contributed by atoms with Crippen molar-refractivity contribution in [3.05, 3.63) is 29.3 Å². The minimum absolute atomic E-state index is 0.131. The lowest BCUT2D eigenvalue weighted by Gasteiger charge is -2.37. The van der Waals surface area contributed by atoms with E-state index in [0.29, 0.717) is 12.1 Å². The standard InChI is InChI=1S/C17H27NO/c1-6-18-13-10-14(11-13)19-16-8-7-12(2)9-15(16)17(3,4)5/h7-9,13-14,18H,6,10-11H2,1-5H3. The summed E-state index contributed by atoms with van der Waals surface area (Å²) in [6.45, 7) is 12.1. The average Bonchev–Trinajstić information content (AvgIpc) is 2.27. The number of nitrogens with one attached hydrogen (secondary N) is 1. The summed E-state index contributed by atoms with van der Waals surface area (Å²) < 4.78 is 6.20. The molecule has 0 aromatic heterocycles. The molecule has 0 atom stereocenters. The van der Waals surface area contributed by atoms with Crippen molar-refractivity contribution in [2.24, 2.45) is 0 Å². The van der Waals surface area contributed by atoms with Crippen LogP contribution in [0.4, 0.5) is 0 Å². The zero-order chi connectivity index (χ0) is 14.0. The molecule has 0 radical (unpaired) electrons. The van der Waals surface area contributed by atoms with Crippen LogP contribution in [0.25, 0.3) is 0 Å². The summed E-state index contributed by atoms with van der Waals surface area (Å²) in [5, 5.41) is 3.47. The first-order chi connectivity index (χ1) is 8.90. The molecule has 0 aliphatic heterocycles. The highest BCUT2D eigenvalue weighted by atomic mass is 16.5. The van der Waals surface area contributed by atoms with Crippen molar-refractivity contribution < 1.29 is 4.74 Å². The summed E-state index contributed by atoms with van der Waals surface area (Å²) in [5.74, 6) is 1.07. The Hall–Kier alpha value is -1.02. The Morgan fingerprint density at radius 3 is 2.53 bits per heavy atom. The topological polar surface area (TPSA) is 21.3 Å². The van der Waals surface area contributed by atoms with Gasteiger partial charge in [-0.2, -0.15) is 0 Å². The molecular weight excluding hydrogens is 234 g/mol. The Balaban J connectivity index is 2.05. The summed E-state index contributed by atoms with van der Waals surface area (Å²) >= 11 is 0. The normalized spacial score (nSPS) is 23.0. The highest BCUT2D eigenvalue weighted by Gasteiger charge is 2.31. The van der Waals surface area contributed by atoms with Gasteiger partial charge in [-0.1, -0.05) is 45.4 Å². The van der Waals surface area contributed by atoms with E-state index in [9.17, 15) is 0 Å². The predicted molar refractivity (Wildman–Crippen MR) is 81.0 cm³/mol. The minimum atomic E-state index is 0.131. The molecule has 2 rings (SSSR count). The van der Waals surface area contributed by atoms with Gasteiger partial charge >= 0.3 is 0 Å². The summed E-state index contributed by atoms with van der Waals surface area (Å²) in [6.07, 6.45) is 2.64. The largest absolute Gasteiger partial charge is 0.490 e.